The molecule has 7 atom stereocenters. The highest BCUT2D eigenvalue weighted by molar-refractivity contribution is 5.76. The van der Waals surface area contributed by atoms with E-state index in [1.165, 1.54) is 25.7 Å². The van der Waals surface area contributed by atoms with Crippen LogP contribution in [0.15, 0.2) is 4.99 Å². The Hall–Kier alpha value is -1.13. The summed E-state index contributed by atoms with van der Waals surface area (Å²) in [5.74, 6) is 1.99. The van der Waals surface area contributed by atoms with Crippen molar-refractivity contribution in [2.75, 3.05) is 13.2 Å². The van der Waals surface area contributed by atoms with Crippen molar-refractivity contribution in [2.45, 2.75) is 166 Å². The number of halogens is 4. The lowest BCUT2D eigenvalue weighted by molar-refractivity contribution is -0.346. The summed E-state index contributed by atoms with van der Waals surface area (Å²) < 4.78 is 74.9. The smallest absolute Gasteiger partial charge is 0.460 e. The molecule has 4 aliphatic carbocycles. The number of nitrogens with zero attached hydrogens (tertiary/aromatic N) is 1. The van der Waals surface area contributed by atoms with E-state index in [2.05, 4.69) is 23.9 Å². The predicted molar refractivity (Wildman–Crippen MR) is 158 cm³/mol. The van der Waals surface area contributed by atoms with Crippen LogP contribution < -0.4 is 5.32 Å². The molecule has 0 amide bonds. The number of hydrogen-bond donors (Lipinski definition) is 1. The molecule has 0 aromatic rings. The Labute approximate surface area is 255 Å². The first-order chi connectivity index (χ1) is 20.7. The summed E-state index contributed by atoms with van der Waals surface area (Å²) in [6.07, 6.45) is 8.63. The Balaban J connectivity index is 1.08. The van der Waals surface area contributed by atoms with E-state index in [4.69, 9.17) is 19.2 Å². The molecular weight excluding hydrogens is 564 g/mol. The van der Waals surface area contributed by atoms with Gasteiger partial charge in [-0.3, -0.25) is 4.74 Å². The minimum absolute atomic E-state index is 0.0153. The Morgan fingerprint density at radius 2 is 1.56 bits per heavy atom. The summed E-state index contributed by atoms with van der Waals surface area (Å²) >= 11 is 0. The van der Waals surface area contributed by atoms with Crippen LogP contribution in [0.1, 0.15) is 117 Å². The van der Waals surface area contributed by atoms with Crippen molar-refractivity contribution in [3.63, 3.8) is 0 Å². The highest BCUT2D eigenvalue weighted by atomic mass is 19.4. The topological polar surface area (TPSA) is 61.3 Å². The molecule has 0 aromatic heterocycles. The van der Waals surface area contributed by atoms with Crippen LogP contribution in [-0.2, 0) is 18.9 Å². The number of nitrogens with one attached hydrogen (secondary N) is 1. The molecule has 1 N–H and O–H groups in total. The highest BCUT2D eigenvalue weighted by Crippen LogP contribution is 2.45. The highest BCUT2D eigenvalue weighted by Gasteiger charge is 2.45. The molecule has 5 aliphatic rings. The Kier molecular flexibility index (Phi) is 11.9. The third-order valence-electron chi connectivity index (χ3n) is 11.0. The summed E-state index contributed by atoms with van der Waals surface area (Å²) in [6, 6.07) is 0.742. The van der Waals surface area contributed by atoms with Gasteiger partial charge in [-0.2, -0.15) is 0 Å². The van der Waals surface area contributed by atoms with Crippen LogP contribution >= 0.6 is 0 Å². The van der Waals surface area contributed by atoms with Crippen molar-refractivity contribution in [1.82, 2.24) is 5.32 Å². The first kappa shape index (κ1) is 33.2. The van der Waals surface area contributed by atoms with Gasteiger partial charge in [0.2, 0.25) is 0 Å². The second-order valence-electron chi connectivity index (χ2n) is 13.8. The van der Waals surface area contributed by atoms with Crippen LogP contribution in [-0.4, -0.2) is 68.3 Å². The molecule has 1 aliphatic heterocycles. The minimum Gasteiger partial charge on any atom is -0.460 e. The van der Waals surface area contributed by atoms with E-state index in [1.807, 2.05) is 0 Å². The molecule has 5 fully saturated rings. The summed E-state index contributed by atoms with van der Waals surface area (Å²) in [4.78, 5) is 4.93. The van der Waals surface area contributed by atoms with Crippen LogP contribution in [0.3, 0.4) is 0 Å². The molecule has 0 bridgehead atoms. The minimum atomic E-state index is -4.61. The van der Waals surface area contributed by atoms with Crippen molar-refractivity contribution in [3.8, 4) is 0 Å². The van der Waals surface area contributed by atoms with E-state index >= 15 is 0 Å². The van der Waals surface area contributed by atoms with E-state index in [9.17, 15) is 17.6 Å². The monoisotopic (exact) mass is 618 g/mol. The zero-order valence-electron chi connectivity index (χ0n) is 26.2. The van der Waals surface area contributed by atoms with Crippen LogP contribution in [0, 0.1) is 23.7 Å². The van der Waals surface area contributed by atoms with E-state index in [-0.39, 0.29) is 36.8 Å². The van der Waals surface area contributed by atoms with Gasteiger partial charge in [0.25, 0.3) is 6.02 Å². The van der Waals surface area contributed by atoms with Gasteiger partial charge in [0.1, 0.15) is 12.3 Å². The van der Waals surface area contributed by atoms with Gasteiger partial charge in [0.15, 0.2) is 0 Å². The SMILES string of the molecule is CCOC1CC(CCCCC2CCCC2N=C2NC3CCC(OC(F)(F)F)CC3O2)CC(OCC)C1C1CCC(F)CC1. The maximum atomic E-state index is 13.9. The Morgan fingerprint density at radius 3 is 2.23 bits per heavy atom. The maximum absolute atomic E-state index is 13.9. The summed E-state index contributed by atoms with van der Waals surface area (Å²) in [5, 5.41) is 3.34. The zero-order chi connectivity index (χ0) is 30.4. The average molecular weight is 619 g/mol. The lowest BCUT2D eigenvalue weighted by Crippen LogP contribution is -2.47. The Bertz CT molecular complexity index is 867. The molecule has 4 saturated carbocycles. The molecule has 5 rings (SSSR count). The van der Waals surface area contributed by atoms with Crippen molar-refractivity contribution in [2.24, 2.45) is 28.7 Å². The molecule has 43 heavy (non-hydrogen) atoms. The van der Waals surface area contributed by atoms with Gasteiger partial charge in [-0.25, -0.2) is 9.38 Å². The summed E-state index contributed by atoms with van der Waals surface area (Å²) in [6.45, 7) is 5.57. The average Bonchev–Trinajstić information content (AvgIpc) is 3.57. The fraction of sp³-hybridized carbons (Fsp3) is 0.970. The molecule has 1 saturated heterocycles. The third kappa shape index (κ3) is 9.21. The van der Waals surface area contributed by atoms with Gasteiger partial charge >= 0.3 is 6.36 Å². The second kappa shape index (κ2) is 15.4. The number of unbranched alkanes of at least 4 members (excludes halogenated alkanes) is 1. The molecule has 0 radical (unpaired) electrons. The number of hydrogen-bond acceptors (Lipinski definition) is 5. The van der Waals surface area contributed by atoms with E-state index < -0.39 is 18.6 Å². The van der Waals surface area contributed by atoms with Crippen molar-refractivity contribution >= 4 is 6.02 Å². The summed E-state index contributed by atoms with van der Waals surface area (Å²) in [7, 11) is 0. The van der Waals surface area contributed by atoms with Gasteiger partial charge in [-0.05, 0) is 102 Å². The first-order valence-corrected chi connectivity index (χ1v) is 17.3. The largest absolute Gasteiger partial charge is 0.522 e. The van der Waals surface area contributed by atoms with Gasteiger partial charge in [-0.1, -0.05) is 25.7 Å². The van der Waals surface area contributed by atoms with Crippen molar-refractivity contribution < 1.29 is 36.5 Å². The van der Waals surface area contributed by atoms with Crippen LogP contribution in [0.4, 0.5) is 17.6 Å². The molecule has 7 unspecified atom stereocenters. The fourth-order valence-corrected chi connectivity index (χ4v) is 9.00. The van der Waals surface area contributed by atoms with Gasteiger partial charge in [0.05, 0.1) is 30.4 Å². The molecular formula is C33H54F4N2O4. The van der Waals surface area contributed by atoms with E-state index in [0.29, 0.717) is 68.6 Å². The fourth-order valence-electron chi connectivity index (χ4n) is 9.00. The van der Waals surface area contributed by atoms with Crippen molar-refractivity contribution in [1.29, 1.82) is 0 Å². The first-order valence-electron chi connectivity index (χ1n) is 17.3. The lowest BCUT2D eigenvalue weighted by atomic mass is 9.67. The number of alkyl halides is 4. The van der Waals surface area contributed by atoms with Crippen LogP contribution in [0.2, 0.25) is 0 Å². The standard InChI is InChI=1S/C33H54F4N2O4/c1-3-40-29-18-21(19-30(41-4-2)31(29)23-12-14-24(34)15-13-23)8-5-6-9-22-10-7-11-26(22)38-32-39-27-17-16-25(20-28(27)42-32)43-33(35,36)37/h21-31H,3-20H2,1-2H3,(H,38,39). The Morgan fingerprint density at radius 1 is 0.860 bits per heavy atom. The quantitative estimate of drug-likeness (QED) is 0.178. The van der Waals surface area contributed by atoms with E-state index in [0.717, 1.165) is 44.9 Å². The molecule has 248 valence electrons. The van der Waals surface area contributed by atoms with Crippen LogP contribution in [0.25, 0.3) is 0 Å². The lowest BCUT2D eigenvalue weighted by Gasteiger charge is -2.46. The normalized spacial score (nSPS) is 41.2. The van der Waals surface area contributed by atoms with Gasteiger partial charge < -0.3 is 19.5 Å². The number of fused-ring (bicyclic) bond motifs is 1. The second-order valence-corrected chi connectivity index (χ2v) is 13.8. The summed E-state index contributed by atoms with van der Waals surface area (Å²) in [5.41, 5.74) is 0. The van der Waals surface area contributed by atoms with Crippen molar-refractivity contribution in [3.05, 3.63) is 0 Å². The van der Waals surface area contributed by atoms with Crippen LogP contribution in [0.5, 0.6) is 0 Å². The zero-order valence-corrected chi connectivity index (χ0v) is 26.2. The van der Waals surface area contributed by atoms with E-state index in [1.54, 1.807) is 0 Å². The molecule has 0 aromatic carbocycles. The van der Waals surface area contributed by atoms with Gasteiger partial charge in [0, 0.05) is 25.6 Å². The molecule has 6 nitrogen and oxygen atoms in total. The predicted octanol–water partition coefficient (Wildman–Crippen LogP) is 7.88. The number of aliphatic imine (C=N–C) groups is 1. The number of rotatable bonds is 12. The number of ether oxygens (including phenoxy) is 4. The van der Waals surface area contributed by atoms with Gasteiger partial charge in [-0.15, -0.1) is 13.2 Å². The molecule has 10 heteroatoms. The number of amidine groups is 1. The molecule has 1 heterocycles. The third-order valence-corrected chi connectivity index (χ3v) is 11.0. The molecule has 0 spiro atoms. The maximum Gasteiger partial charge on any atom is 0.522 e.